The van der Waals surface area contributed by atoms with E-state index in [0.29, 0.717) is 17.3 Å². The van der Waals surface area contributed by atoms with E-state index in [1.807, 2.05) is 24.3 Å². The van der Waals surface area contributed by atoms with E-state index >= 15 is 0 Å². The van der Waals surface area contributed by atoms with Gasteiger partial charge in [-0.1, -0.05) is 30.3 Å². The monoisotopic (exact) mass is 263 g/mol. The van der Waals surface area contributed by atoms with Gasteiger partial charge in [-0.3, -0.25) is 4.79 Å². The molecule has 1 aliphatic rings. The van der Waals surface area contributed by atoms with Crippen molar-refractivity contribution < 1.29 is 4.79 Å². The Morgan fingerprint density at radius 3 is 2.70 bits per heavy atom. The maximum absolute atomic E-state index is 12.1. The summed E-state index contributed by atoms with van der Waals surface area (Å²) in [6.07, 6.45) is 2.34. The number of anilines is 1. The third kappa shape index (κ3) is 2.52. The Hall–Kier alpha value is -2.67. The molecule has 1 heterocycles. The van der Waals surface area contributed by atoms with E-state index in [9.17, 15) is 4.79 Å². The highest BCUT2D eigenvalue weighted by Gasteiger charge is 2.43. The quantitative estimate of drug-likeness (QED) is 0.925. The highest BCUT2D eigenvalue weighted by Crippen LogP contribution is 2.47. The number of amides is 1. The molecule has 2 atom stereocenters. The second-order valence-corrected chi connectivity index (χ2v) is 4.89. The topological polar surface area (TPSA) is 65.8 Å². The first-order valence-electron chi connectivity index (χ1n) is 6.50. The molecular formula is C16H13N3O. The molecule has 1 aromatic heterocycles. The number of aromatic nitrogens is 1. The molecule has 0 aliphatic heterocycles. The van der Waals surface area contributed by atoms with Crippen LogP contribution in [0, 0.1) is 17.2 Å². The van der Waals surface area contributed by atoms with Crippen molar-refractivity contribution in [3.63, 3.8) is 0 Å². The number of hydrogen-bond donors (Lipinski definition) is 1. The first-order valence-corrected chi connectivity index (χ1v) is 6.50. The molecule has 1 aliphatic carbocycles. The fraction of sp³-hybridized carbons (Fsp3) is 0.188. The van der Waals surface area contributed by atoms with E-state index in [1.54, 1.807) is 12.1 Å². The zero-order valence-electron chi connectivity index (χ0n) is 10.8. The van der Waals surface area contributed by atoms with E-state index in [1.165, 1.54) is 11.8 Å². The highest BCUT2D eigenvalue weighted by atomic mass is 16.2. The predicted molar refractivity (Wildman–Crippen MR) is 74.9 cm³/mol. The summed E-state index contributed by atoms with van der Waals surface area (Å²) in [7, 11) is 0. The first-order chi connectivity index (χ1) is 9.78. The molecule has 20 heavy (non-hydrogen) atoms. The molecule has 98 valence electrons. The van der Waals surface area contributed by atoms with Crippen LogP contribution < -0.4 is 5.32 Å². The number of carbonyl (C=O) groups is 1. The van der Waals surface area contributed by atoms with Gasteiger partial charge in [0.15, 0.2) is 0 Å². The van der Waals surface area contributed by atoms with Crippen LogP contribution in [0.2, 0.25) is 0 Å². The summed E-state index contributed by atoms with van der Waals surface area (Å²) < 4.78 is 0. The minimum absolute atomic E-state index is 0.00365. The lowest BCUT2D eigenvalue weighted by molar-refractivity contribution is -0.117. The number of carbonyl (C=O) groups excluding carboxylic acids is 1. The minimum Gasteiger partial charge on any atom is -0.310 e. The van der Waals surface area contributed by atoms with Crippen molar-refractivity contribution in [3.05, 3.63) is 59.8 Å². The van der Waals surface area contributed by atoms with Gasteiger partial charge in [-0.15, -0.1) is 0 Å². The SMILES string of the molecule is N#Cc1ccc(NC(=O)C2CC2c2ccccc2)nc1. The Labute approximate surface area is 117 Å². The summed E-state index contributed by atoms with van der Waals surface area (Å²) in [4.78, 5) is 16.1. The van der Waals surface area contributed by atoms with Gasteiger partial charge in [0, 0.05) is 12.1 Å². The summed E-state index contributed by atoms with van der Waals surface area (Å²) in [5.74, 6) is 0.827. The molecule has 0 bridgehead atoms. The van der Waals surface area contributed by atoms with Crippen LogP contribution in [-0.4, -0.2) is 10.9 Å². The van der Waals surface area contributed by atoms with Gasteiger partial charge >= 0.3 is 0 Å². The van der Waals surface area contributed by atoms with Gasteiger partial charge in [-0.2, -0.15) is 5.26 Å². The van der Waals surface area contributed by atoms with E-state index in [0.717, 1.165) is 6.42 Å². The molecule has 0 radical (unpaired) electrons. The van der Waals surface area contributed by atoms with Gasteiger partial charge in [0.25, 0.3) is 0 Å². The van der Waals surface area contributed by atoms with Gasteiger partial charge in [0.2, 0.25) is 5.91 Å². The zero-order valence-corrected chi connectivity index (χ0v) is 10.8. The molecule has 4 heteroatoms. The van der Waals surface area contributed by atoms with Gasteiger partial charge in [0.05, 0.1) is 5.56 Å². The number of hydrogen-bond acceptors (Lipinski definition) is 3. The second kappa shape index (κ2) is 5.14. The number of rotatable bonds is 3. The van der Waals surface area contributed by atoms with Crippen molar-refractivity contribution >= 4 is 11.7 Å². The zero-order chi connectivity index (χ0) is 13.9. The third-order valence-electron chi connectivity index (χ3n) is 3.50. The van der Waals surface area contributed by atoms with E-state index in [-0.39, 0.29) is 11.8 Å². The smallest absolute Gasteiger partial charge is 0.229 e. The van der Waals surface area contributed by atoms with Gasteiger partial charge in [-0.05, 0) is 30.0 Å². The van der Waals surface area contributed by atoms with Gasteiger partial charge in [0.1, 0.15) is 11.9 Å². The first kappa shape index (κ1) is 12.4. The Balaban J connectivity index is 1.62. The molecule has 4 nitrogen and oxygen atoms in total. The van der Waals surface area contributed by atoms with Crippen LogP contribution >= 0.6 is 0 Å². The molecule has 3 rings (SSSR count). The molecule has 1 fully saturated rings. The largest absolute Gasteiger partial charge is 0.310 e. The van der Waals surface area contributed by atoms with Gasteiger partial charge in [-0.25, -0.2) is 4.98 Å². The van der Waals surface area contributed by atoms with E-state index in [2.05, 4.69) is 22.4 Å². The molecule has 2 unspecified atom stereocenters. The second-order valence-electron chi connectivity index (χ2n) is 4.89. The summed E-state index contributed by atoms with van der Waals surface area (Å²) in [5.41, 5.74) is 1.69. The average molecular weight is 263 g/mol. The standard InChI is InChI=1S/C16H13N3O/c17-9-11-6-7-15(18-10-11)19-16(20)14-8-13(14)12-4-2-1-3-5-12/h1-7,10,13-14H,8H2,(H,18,19,20). The van der Waals surface area contributed by atoms with Gasteiger partial charge < -0.3 is 5.32 Å². The fourth-order valence-electron chi connectivity index (χ4n) is 2.31. The van der Waals surface area contributed by atoms with Crippen LogP contribution in [0.5, 0.6) is 0 Å². The summed E-state index contributed by atoms with van der Waals surface area (Å²) in [6, 6.07) is 15.4. The average Bonchev–Trinajstić information content (AvgIpc) is 3.29. The van der Waals surface area contributed by atoms with Crippen molar-refractivity contribution in [1.82, 2.24) is 4.98 Å². The van der Waals surface area contributed by atoms with Crippen molar-refractivity contribution in [2.45, 2.75) is 12.3 Å². The van der Waals surface area contributed by atoms with E-state index < -0.39 is 0 Å². The number of pyridine rings is 1. The Morgan fingerprint density at radius 2 is 2.05 bits per heavy atom. The third-order valence-corrected chi connectivity index (χ3v) is 3.50. The van der Waals surface area contributed by atoms with Crippen LogP contribution in [-0.2, 0) is 4.79 Å². The molecule has 0 spiro atoms. The summed E-state index contributed by atoms with van der Waals surface area (Å²) in [5, 5.41) is 11.5. The van der Waals surface area contributed by atoms with Crippen LogP contribution in [0.25, 0.3) is 0 Å². The van der Waals surface area contributed by atoms with Crippen LogP contribution in [0.1, 0.15) is 23.5 Å². The molecule has 0 saturated heterocycles. The lowest BCUT2D eigenvalue weighted by Crippen LogP contribution is -2.15. The highest BCUT2D eigenvalue weighted by molar-refractivity contribution is 5.94. The number of nitrogens with one attached hydrogen (secondary N) is 1. The Morgan fingerprint density at radius 1 is 1.25 bits per heavy atom. The molecule has 1 N–H and O–H groups in total. The molecule has 2 aromatic rings. The molecule has 1 amide bonds. The predicted octanol–water partition coefficient (Wildman–Crippen LogP) is 2.70. The van der Waals surface area contributed by atoms with Crippen LogP contribution in [0.3, 0.4) is 0 Å². The lowest BCUT2D eigenvalue weighted by Gasteiger charge is -2.04. The fourth-order valence-corrected chi connectivity index (χ4v) is 2.31. The number of nitriles is 1. The number of benzene rings is 1. The van der Waals surface area contributed by atoms with Crippen molar-refractivity contribution in [2.24, 2.45) is 5.92 Å². The maximum Gasteiger partial charge on any atom is 0.229 e. The molecular weight excluding hydrogens is 250 g/mol. The van der Waals surface area contributed by atoms with E-state index in [4.69, 9.17) is 5.26 Å². The Kier molecular flexibility index (Phi) is 3.18. The molecule has 1 aromatic carbocycles. The summed E-state index contributed by atoms with van der Waals surface area (Å²) >= 11 is 0. The maximum atomic E-state index is 12.1. The van der Waals surface area contributed by atoms with Crippen molar-refractivity contribution in [1.29, 1.82) is 5.26 Å². The molecule has 1 saturated carbocycles. The van der Waals surface area contributed by atoms with Crippen LogP contribution in [0.4, 0.5) is 5.82 Å². The van der Waals surface area contributed by atoms with Crippen LogP contribution in [0.15, 0.2) is 48.7 Å². The van der Waals surface area contributed by atoms with Crippen molar-refractivity contribution in [2.75, 3.05) is 5.32 Å². The summed E-state index contributed by atoms with van der Waals surface area (Å²) in [6.45, 7) is 0. The van der Waals surface area contributed by atoms with Crippen molar-refractivity contribution in [3.8, 4) is 6.07 Å². The number of nitrogens with zero attached hydrogens (tertiary/aromatic N) is 2. The normalized spacial score (nSPS) is 19.9. The lowest BCUT2D eigenvalue weighted by atomic mass is 10.1. The Bertz CT molecular complexity index is 658. The minimum atomic E-state index is -0.00365.